The maximum absolute atomic E-state index is 5.95. The maximum atomic E-state index is 5.95. The highest BCUT2D eigenvalue weighted by molar-refractivity contribution is 7.09. The van der Waals surface area contributed by atoms with Gasteiger partial charge in [0.25, 0.3) is 5.89 Å². The SMILES string of the molecule is NC(c1noc(-c2cnns2)n1)C1CC1. The molecule has 6 nitrogen and oxygen atoms in total. The molecular formula is C8H9N5OS. The van der Waals surface area contributed by atoms with Crippen LogP contribution in [0.15, 0.2) is 10.7 Å². The van der Waals surface area contributed by atoms with E-state index in [9.17, 15) is 0 Å². The van der Waals surface area contributed by atoms with Crippen LogP contribution in [0.5, 0.6) is 0 Å². The van der Waals surface area contributed by atoms with Crippen LogP contribution in [-0.2, 0) is 0 Å². The van der Waals surface area contributed by atoms with E-state index in [-0.39, 0.29) is 6.04 Å². The molecule has 0 aromatic carbocycles. The van der Waals surface area contributed by atoms with Gasteiger partial charge in [-0.3, -0.25) is 0 Å². The van der Waals surface area contributed by atoms with Crippen molar-refractivity contribution in [3.63, 3.8) is 0 Å². The second kappa shape index (κ2) is 3.35. The fourth-order valence-corrected chi connectivity index (χ4v) is 1.84. The summed E-state index contributed by atoms with van der Waals surface area (Å²) in [5.41, 5.74) is 5.95. The van der Waals surface area contributed by atoms with Gasteiger partial charge in [0.1, 0.15) is 4.88 Å². The molecule has 1 fully saturated rings. The summed E-state index contributed by atoms with van der Waals surface area (Å²) in [5.74, 6) is 1.56. The second-order valence-corrected chi connectivity index (χ2v) is 4.39. The van der Waals surface area contributed by atoms with Gasteiger partial charge < -0.3 is 10.3 Å². The first kappa shape index (κ1) is 8.93. The third-order valence-corrected chi connectivity index (χ3v) is 3.09. The summed E-state index contributed by atoms with van der Waals surface area (Å²) in [6.07, 6.45) is 3.92. The summed E-state index contributed by atoms with van der Waals surface area (Å²) in [6.45, 7) is 0. The van der Waals surface area contributed by atoms with E-state index in [2.05, 4.69) is 19.7 Å². The van der Waals surface area contributed by atoms with Crippen LogP contribution in [0.4, 0.5) is 0 Å². The van der Waals surface area contributed by atoms with Gasteiger partial charge in [-0.25, -0.2) is 0 Å². The largest absolute Gasteiger partial charge is 0.333 e. The van der Waals surface area contributed by atoms with Crippen LogP contribution in [0.3, 0.4) is 0 Å². The van der Waals surface area contributed by atoms with E-state index in [1.165, 1.54) is 11.5 Å². The maximum Gasteiger partial charge on any atom is 0.271 e. The van der Waals surface area contributed by atoms with Crippen LogP contribution in [0.1, 0.15) is 24.7 Å². The van der Waals surface area contributed by atoms with Crippen LogP contribution >= 0.6 is 11.5 Å². The summed E-state index contributed by atoms with van der Waals surface area (Å²) in [6, 6.07) is -0.0941. The topological polar surface area (TPSA) is 90.7 Å². The second-order valence-electron chi connectivity index (χ2n) is 3.60. The van der Waals surface area contributed by atoms with Gasteiger partial charge in [0.05, 0.1) is 12.2 Å². The average molecular weight is 223 g/mol. The van der Waals surface area contributed by atoms with E-state index < -0.39 is 0 Å². The van der Waals surface area contributed by atoms with Crippen molar-refractivity contribution in [2.45, 2.75) is 18.9 Å². The molecule has 0 aliphatic heterocycles. The summed E-state index contributed by atoms with van der Waals surface area (Å²) >= 11 is 1.23. The fraction of sp³-hybridized carbons (Fsp3) is 0.500. The van der Waals surface area contributed by atoms with Gasteiger partial charge in [-0.15, -0.1) is 5.10 Å². The van der Waals surface area contributed by atoms with Crippen molar-refractivity contribution >= 4 is 11.5 Å². The molecular weight excluding hydrogens is 214 g/mol. The zero-order valence-electron chi connectivity index (χ0n) is 7.83. The molecule has 78 valence electrons. The van der Waals surface area contributed by atoms with Crippen molar-refractivity contribution in [3.05, 3.63) is 12.0 Å². The first-order valence-corrected chi connectivity index (χ1v) is 5.49. The minimum absolute atomic E-state index is 0.0941. The van der Waals surface area contributed by atoms with E-state index in [4.69, 9.17) is 10.3 Å². The minimum Gasteiger partial charge on any atom is -0.333 e. The Morgan fingerprint density at radius 1 is 1.53 bits per heavy atom. The Kier molecular flexibility index (Phi) is 2.00. The Morgan fingerprint density at radius 3 is 3.07 bits per heavy atom. The highest BCUT2D eigenvalue weighted by Crippen LogP contribution is 2.38. The van der Waals surface area contributed by atoms with E-state index in [0.29, 0.717) is 17.6 Å². The molecule has 2 N–H and O–H groups in total. The van der Waals surface area contributed by atoms with Crippen molar-refractivity contribution in [2.24, 2.45) is 11.7 Å². The average Bonchev–Trinajstić information content (AvgIpc) is 2.80. The van der Waals surface area contributed by atoms with E-state index in [1.54, 1.807) is 6.20 Å². The van der Waals surface area contributed by atoms with Gasteiger partial charge in [0.2, 0.25) is 0 Å². The number of hydrogen-bond donors (Lipinski definition) is 1. The summed E-state index contributed by atoms with van der Waals surface area (Å²) < 4.78 is 8.83. The van der Waals surface area contributed by atoms with E-state index >= 15 is 0 Å². The number of nitrogens with zero attached hydrogens (tertiary/aromatic N) is 4. The number of hydrogen-bond acceptors (Lipinski definition) is 7. The third-order valence-electron chi connectivity index (χ3n) is 2.44. The molecule has 0 amide bonds. The molecule has 1 aliphatic rings. The highest BCUT2D eigenvalue weighted by atomic mass is 32.1. The molecule has 2 heterocycles. The van der Waals surface area contributed by atoms with Crippen molar-refractivity contribution < 1.29 is 4.52 Å². The van der Waals surface area contributed by atoms with Gasteiger partial charge in [-0.05, 0) is 30.3 Å². The minimum atomic E-state index is -0.0941. The van der Waals surface area contributed by atoms with Crippen molar-refractivity contribution in [1.82, 2.24) is 19.7 Å². The van der Waals surface area contributed by atoms with Gasteiger partial charge in [0, 0.05) is 0 Å². The molecule has 3 rings (SSSR count). The van der Waals surface area contributed by atoms with Crippen LogP contribution in [0.2, 0.25) is 0 Å². The number of nitrogens with two attached hydrogens (primary N) is 1. The predicted octanol–water partition coefficient (Wildman–Crippen LogP) is 0.998. The van der Waals surface area contributed by atoms with Crippen molar-refractivity contribution in [3.8, 4) is 10.8 Å². The van der Waals surface area contributed by atoms with Crippen LogP contribution in [0, 0.1) is 5.92 Å². The monoisotopic (exact) mass is 223 g/mol. The lowest BCUT2D eigenvalue weighted by molar-refractivity contribution is 0.412. The van der Waals surface area contributed by atoms with E-state index in [1.807, 2.05) is 0 Å². The van der Waals surface area contributed by atoms with E-state index in [0.717, 1.165) is 17.7 Å². The lowest BCUT2D eigenvalue weighted by atomic mass is 10.2. The predicted molar refractivity (Wildman–Crippen MR) is 52.9 cm³/mol. The lowest BCUT2D eigenvalue weighted by Crippen LogP contribution is -2.13. The molecule has 1 saturated carbocycles. The Morgan fingerprint density at radius 2 is 2.40 bits per heavy atom. The summed E-state index contributed by atoms with van der Waals surface area (Å²) in [4.78, 5) is 5.02. The van der Waals surface area contributed by atoms with Crippen molar-refractivity contribution in [2.75, 3.05) is 0 Å². The van der Waals surface area contributed by atoms with Crippen LogP contribution in [0.25, 0.3) is 10.8 Å². The fourth-order valence-electron chi connectivity index (χ4n) is 1.40. The zero-order valence-corrected chi connectivity index (χ0v) is 8.65. The molecule has 0 radical (unpaired) electrons. The molecule has 15 heavy (non-hydrogen) atoms. The Bertz CT molecular complexity index is 449. The Balaban J connectivity index is 1.87. The molecule has 1 aliphatic carbocycles. The molecule has 7 heteroatoms. The smallest absolute Gasteiger partial charge is 0.271 e. The molecule has 2 aromatic rings. The third kappa shape index (κ3) is 1.64. The first-order chi connectivity index (χ1) is 7.34. The van der Waals surface area contributed by atoms with Gasteiger partial charge in [-0.2, -0.15) is 4.98 Å². The molecule has 0 bridgehead atoms. The zero-order chi connectivity index (χ0) is 10.3. The quantitative estimate of drug-likeness (QED) is 0.834. The normalized spacial score (nSPS) is 17.9. The van der Waals surface area contributed by atoms with Gasteiger partial charge >= 0.3 is 0 Å². The van der Waals surface area contributed by atoms with Crippen LogP contribution < -0.4 is 5.73 Å². The molecule has 0 saturated heterocycles. The first-order valence-electron chi connectivity index (χ1n) is 4.71. The van der Waals surface area contributed by atoms with Gasteiger partial charge in [0.15, 0.2) is 5.82 Å². The summed E-state index contributed by atoms with van der Waals surface area (Å²) in [5, 5.41) is 7.58. The Labute approximate surface area is 89.7 Å². The van der Waals surface area contributed by atoms with Crippen LogP contribution in [-0.4, -0.2) is 19.7 Å². The number of aromatic nitrogens is 4. The molecule has 1 atom stereocenters. The highest BCUT2D eigenvalue weighted by Gasteiger charge is 2.32. The molecule has 0 spiro atoms. The molecule has 2 aromatic heterocycles. The number of rotatable bonds is 3. The summed E-state index contributed by atoms with van der Waals surface area (Å²) in [7, 11) is 0. The van der Waals surface area contributed by atoms with Gasteiger partial charge in [-0.1, -0.05) is 9.64 Å². The standard InChI is InChI=1S/C8H9N5OS/c9-6(4-1-2-4)7-11-8(14-12-7)5-3-10-13-15-5/h3-4,6H,1-2,9H2. The van der Waals surface area contributed by atoms with Crippen molar-refractivity contribution in [1.29, 1.82) is 0 Å². The Hall–Kier alpha value is -1.34. The molecule has 1 unspecified atom stereocenters. The lowest BCUT2D eigenvalue weighted by Gasteiger charge is -2.01.